The maximum atomic E-state index is 13.5. The summed E-state index contributed by atoms with van der Waals surface area (Å²) in [7, 11) is 4.49. The Morgan fingerprint density at radius 2 is 1.58 bits per heavy atom. The summed E-state index contributed by atoms with van der Waals surface area (Å²) in [6.45, 7) is 0. The van der Waals surface area contributed by atoms with Crippen LogP contribution in [0.5, 0.6) is 11.5 Å². The SMILES string of the molecule is COC(=O)c1ccc(/C=C2/N=C(c3ccccc3OC)N(c3ccc(OC)cc3)C2=O)cc1. The number of carbonyl (C=O) groups is 2. The van der Waals surface area contributed by atoms with E-state index < -0.39 is 5.97 Å². The highest BCUT2D eigenvalue weighted by Crippen LogP contribution is 2.32. The number of esters is 1. The summed E-state index contributed by atoms with van der Waals surface area (Å²) in [5.41, 5.74) is 2.75. The topological polar surface area (TPSA) is 77.4 Å². The van der Waals surface area contributed by atoms with E-state index in [1.54, 1.807) is 73.7 Å². The van der Waals surface area contributed by atoms with E-state index in [4.69, 9.17) is 14.2 Å². The number of benzene rings is 3. The highest BCUT2D eigenvalue weighted by Gasteiger charge is 2.33. The molecule has 1 aliphatic heterocycles. The van der Waals surface area contributed by atoms with Gasteiger partial charge in [-0.15, -0.1) is 0 Å². The minimum atomic E-state index is -0.423. The van der Waals surface area contributed by atoms with Crippen molar-refractivity contribution < 1.29 is 23.8 Å². The summed E-state index contributed by atoms with van der Waals surface area (Å²) >= 11 is 0. The van der Waals surface area contributed by atoms with Gasteiger partial charge in [0.25, 0.3) is 5.91 Å². The number of hydrogen-bond donors (Lipinski definition) is 0. The first-order valence-electron chi connectivity index (χ1n) is 10.2. The minimum absolute atomic E-state index is 0.262. The monoisotopic (exact) mass is 442 g/mol. The van der Waals surface area contributed by atoms with Gasteiger partial charge in [-0.05, 0) is 60.2 Å². The molecule has 0 unspecified atom stereocenters. The second-order valence-electron chi connectivity index (χ2n) is 7.12. The van der Waals surface area contributed by atoms with E-state index in [1.165, 1.54) is 7.11 Å². The van der Waals surface area contributed by atoms with Gasteiger partial charge in [0.2, 0.25) is 0 Å². The number of hydrogen-bond acceptors (Lipinski definition) is 6. The number of amidine groups is 1. The van der Waals surface area contributed by atoms with Crippen LogP contribution in [0.4, 0.5) is 5.69 Å². The fraction of sp³-hybridized carbons (Fsp3) is 0.115. The molecule has 1 heterocycles. The quantitative estimate of drug-likeness (QED) is 0.420. The van der Waals surface area contributed by atoms with Crippen molar-refractivity contribution in [1.82, 2.24) is 0 Å². The van der Waals surface area contributed by atoms with Crippen LogP contribution in [0, 0.1) is 0 Å². The van der Waals surface area contributed by atoms with Crippen molar-refractivity contribution >= 4 is 29.5 Å². The molecule has 7 nitrogen and oxygen atoms in total. The van der Waals surface area contributed by atoms with Gasteiger partial charge in [-0.3, -0.25) is 9.69 Å². The Labute approximate surface area is 191 Å². The molecule has 1 aliphatic rings. The van der Waals surface area contributed by atoms with E-state index in [0.717, 1.165) is 5.56 Å². The zero-order valence-electron chi connectivity index (χ0n) is 18.4. The minimum Gasteiger partial charge on any atom is -0.497 e. The standard InChI is InChI=1S/C26H22N2O5/c1-31-20-14-12-19(13-15-20)28-24(21-6-4-5-7-23(21)32-2)27-22(25(28)29)16-17-8-10-18(11-9-17)26(30)33-3/h4-16H,1-3H3/b22-16+. The molecule has 33 heavy (non-hydrogen) atoms. The maximum Gasteiger partial charge on any atom is 0.337 e. The molecule has 0 saturated heterocycles. The van der Waals surface area contributed by atoms with E-state index in [-0.39, 0.29) is 11.6 Å². The third-order valence-corrected chi connectivity index (χ3v) is 5.17. The van der Waals surface area contributed by atoms with Crippen molar-refractivity contribution in [2.45, 2.75) is 0 Å². The second-order valence-corrected chi connectivity index (χ2v) is 7.12. The van der Waals surface area contributed by atoms with Gasteiger partial charge in [0, 0.05) is 0 Å². The molecule has 1 amide bonds. The zero-order valence-corrected chi connectivity index (χ0v) is 18.4. The highest BCUT2D eigenvalue weighted by molar-refractivity contribution is 6.33. The summed E-state index contributed by atoms with van der Waals surface area (Å²) in [5, 5.41) is 0. The molecular formula is C26H22N2O5. The largest absolute Gasteiger partial charge is 0.497 e. The van der Waals surface area contributed by atoms with Crippen molar-refractivity contribution in [2.75, 3.05) is 26.2 Å². The van der Waals surface area contributed by atoms with Gasteiger partial charge in [-0.25, -0.2) is 9.79 Å². The maximum absolute atomic E-state index is 13.5. The number of rotatable bonds is 6. The Kier molecular flexibility index (Phi) is 6.22. The molecule has 166 valence electrons. The lowest BCUT2D eigenvalue weighted by Crippen LogP contribution is -2.32. The number of para-hydroxylation sites is 1. The van der Waals surface area contributed by atoms with Crippen molar-refractivity contribution in [3.63, 3.8) is 0 Å². The zero-order chi connectivity index (χ0) is 23.4. The highest BCUT2D eigenvalue weighted by atomic mass is 16.5. The Balaban J connectivity index is 1.78. The van der Waals surface area contributed by atoms with Crippen LogP contribution >= 0.6 is 0 Å². The molecule has 3 aromatic carbocycles. The van der Waals surface area contributed by atoms with Gasteiger partial charge in [0.15, 0.2) is 5.84 Å². The van der Waals surface area contributed by atoms with Crippen LogP contribution < -0.4 is 14.4 Å². The van der Waals surface area contributed by atoms with Gasteiger partial charge < -0.3 is 14.2 Å². The molecule has 0 radical (unpaired) electrons. The third-order valence-electron chi connectivity index (χ3n) is 5.17. The van der Waals surface area contributed by atoms with Gasteiger partial charge in [-0.1, -0.05) is 24.3 Å². The first-order chi connectivity index (χ1) is 16.0. The lowest BCUT2D eigenvalue weighted by Gasteiger charge is -2.20. The lowest BCUT2D eigenvalue weighted by atomic mass is 10.1. The van der Waals surface area contributed by atoms with Crippen molar-refractivity contribution in [3.8, 4) is 11.5 Å². The van der Waals surface area contributed by atoms with Gasteiger partial charge in [-0.2, -0.15) is 0 Å². The lowest BCUT2D eigenvalue weighted by molar-refractivity contribution is -0.113. The number of ether oxygens (including phenoxy) is 3. The average molecular weight is 442 g/mol. The number of nitrogens with zero attached hydrogens (tertiary/aromatic N) is 2. The van der Waals surface area contributed by atoms with Crippen molar-refractivity contribution in [3.05, 3.63) is 95.2 Å². The number of amides is 1. The Bertz CT molecular complexity index is 1240. The Morgan fingerprint density at radius 1 is 0.879 bits per heavy atom. The molecule has 3 aromatic rings. The first kappa shape index (κ1) is 21.8. The normalized spacial score (nSPS) is 14.3. The van der Waals surface area contributed by atoms with Gasteiger partial charge in [0.05, 0.1) is 38.1 Å². The molecule has 0 atom stereocenters. The summed E-state index contributed by atoms with van der Waals surface area (Å²) in [5.74, 6) is 1.04. The van der Waals surface area contributed by atoms with E-state index in [2.05, 4.69) is 4.99 Å². The fourth-order valence-electron chi connectivity index (χ4n) is 3.49. The van der Waals surface area contributed by atoms with Crippen LogP contribution in [0.25, 0.3) is 6.08 Å². The molecular weight excluding hydrogens is 420 g/mol. The van der Waals surface area contributed by atoms with E-state index in [9.17, 15) is 9.59 Å². The molecule has 0 bridgehead atoms. The molecule has 7 heteroatoms. The summed E-state index contributed by atoms with van der Waals surface area (Å²) in [6.07, 6.45) is 1.68. The first-order valence-corrected chi connectivity index (χ1v) is 10.2. The van der Waals surface area contributed by atoms with Crippen LogP contribution in [0.1, 0.15) is 21.5 Å². The van der Waals surface area contributed by atoms with Crippen LogP contribution in [0.3, 0.4) is 0 Å². The van der Waals surface area contributed by atoms with Crippen LogP contribution in [-0.4, -0.2) is 39.0 Å². The van der Waals surface area contributed by atoms with Crippen LogP contribution in [0.15, 0.2) is 83.5 Å². The van der Waals surface area contributed by atoms with Crippen LogP contribution in [-0.2, 0) is 9.53 Å². The summed E-state index contributed by atoms with van der Waals surface area (Å²) in [6, 6.07) is 21.3. The summed E-state index contributed by atoms with van der Waals surface area (Å²) < 4.78 is 15.5. The van der Waals surface area contributed by atoms with Gasteiger partial charge >= 0.3 is 5.97 Å². The predicted octanol–water partition coefficient (Wildman–Crippen LogP) is 4.32. The van der Waals surface area contributed by atoms with E-state index in [1.807, 2.05) is 24.3 Å². The second kappa shape index (κ2) is 9.40. The molecule has 0 fully saturated rings. The Hall–Kier alpha value is -4.39. The average Bonchev–Trinajstić information content (AvgIpc) is 3.19. The Morgan fingerprint density at radius 3 is 2.21 bits per heavy atom. The van der Waals surface area contributed by atoms with Crippen molar-refractivity contribution in [2.24, 2.45) is 4.99 Å². The molecule has 0 spiro atoms. The van der Waals surface area contributed by atoms with E-state index in [0.29, 0.717) is 34.1 Å². The van der Waals surface area contributed by atoms with Gasteiger partial charge in [0.1, 0.15) is 17.2 Å². The molecule has 0 N–H and O–H groups in total. The summed E-state index contributed by atoms with van der Waals surface area (Å²) in [4.78, 5) is 31.4. The molecule has 0 saturated carbocycles. The van der Waals surface area contributed by atoms with Crippen molar-refractivity contribution in [1.29, 1.82) is 0 Å². The van der Waals surface area contributed by atoms with Crippen LogP contribution in [0.2, 0.25) is 0 Å². The number of anilines is 1. The number of methoxy groups -OCH3 is 3. The molecule has 4 rings (SSSR count). The smallest absolute Gasteiger partial charge is 0.337 e. The molecule has 0 aliphatic carbocycles. The predicted molar refractivity (Wildman–Crippen MR) is 126 cm³/mol. The molecule has 0 aromatic heterocycles. The van der Waals surface area contributed by atoms with E-state index >= 15 is 0 Å². The number of aliphatic imine (C=N–C) groups is 1. The number of carbonyl (C=O) groups excluding carboxylic acids is 2. The fourth-order valence-corrected chi connectivity index (χ4v) is 3.49. The third kappa shape index (κ3) is 4.34.